The van der Waals surface area contributed by atoms with Crippen molar-refractivity contribution < 1.29 is 27.8 Å². The Kier molecular flexibility index (Phi) is 4.79. The second-order valence-electron chi connectivity index (χ2n) is 4.90. The van der Waals surface area contributed by atoms with E-state index in [0.717, 1.165) is 0 Å². The highest BCUT2D eigenvalue weighted by Gasteiger charge is 2.62. The van der Waals surface area contributed by atoms with E-state index in [0.29, 0.717) is 5.02 Å². The van der Waals surface area contributed by atoms with Crippen LogP contribution in [0, 0.1) is 0 Å². The number of amides is 1. The summed E-state index contributed by atoms with van der Waals surface area (Å²) < 4.78 is 44.1. The molecule has 1 N–H and O–H groups in total. The Hall–Kier alpha value is -1.51. The molecule has 23 heavy (non-hydrogen) atoms. The molecule has 0 bridgehead atoms. The lowest BCUT2D eigenvalue weighted by molar-refractivity contribution is -0.302. The molecule has 0 unspecified atom stereocenters. The number of hydrogen-bond acceptors (Lipinski definition) is 4. The second kappa shape index (κ2) is 6.18. The maximum Gasteiger partial charge on any atom is 0.438 e. The molecule has 126 valence electrons. The van der Waals surface area contributed by atoms with Gasteiger partial charge in [-0.1, -0.05) is 23.2 Å². The highest BCUT2D eigenvalue weighted by Crippen LogP contribution is 2.40. The fourth-order valence-corrected chi connectivity index (χ4v) is 2.46. The van der Waals surface area contributed by atoms with Crippen molar-refractivity contribution in [1.82, 2.24) is 5.01 Å². The zero-order chi connectivity index (χ0) is 17.4. The standard InChI is InChI=1S/C13H11Cl2F3N2O3/c1-7-5-12(22,13(16,17)18)20(19-7)11(21)6-23-10-3-2-8(14)4-9(10)15/h2-4,22H,5-6H2,1H3/t12-/m0/s1. The Morgan fingerprint density at radius 1 is 1.48 bits per heavy atom. The average molecular weight is 371 g/mol. The van der Waals surface area contributed by atoms with Gasteiger partial charge in [0.2, 0.25) is 0 Å². The van der Waals surface area contributed by atoms with Crippen LogP contribution in [0.5, 0.6) is 5.75 Å². The number of rotatable bonds is 3. The van der Waals surface area contributed by atoms with E-state index in [2.05, 4.69) is 5.10 Å². The first kappa shape index (κ1) is 17.8. The minimum atomic E-state index is -5.05. The average Bonchev–Trinajstić information content (AvgIpc) is 2.73. The predicted octanol–water partition coefficient (Wildman–Crippen LogP) is 3.23. The number of nitrogens with zero attached hydrogens (tertiary/aromatic N) is 2. The van der Waals surface area contributed by atoms with Gasteiger partial charge in [0, 0.05) is 17.2 Å². The van der Waals surface area contributed by atoms with E-state index in [1.807, 2.05) is 0 Å². The van der Waals surface area contributed by atoms with E-state index in [-0.39, 0.29) is 21.5 Å². The normalized spacial score (nSPS) is 21.3. The van der Waals surface area contributed by atoms with E-state index < -0.39 is 30.8 Å². The molecule has 1 atom stereocenters. The van der Waals surface area contributed by atoms with Gasteiger partial charge in [0.1, 0.15) is 5.75 Å². The first-order valence-electron chi connectivity index (χ1n) is 6.28. The molecule has 1 aromatic rings. The van der Waals surface area contributed by atoms with Gasteiger partial charge in [0.05, 0.1) is 5.02 Å². The van der Waals surface area contributed by atoms with Gasteiger partial charge < -0.3 is 9.84 Å². The minimum absolute atomic E-state index is 0.00778. The summed E-state index contributed by atoms with van der Waals surface area (Å²) in [5.41, 5.74) is -3.40. The van der Waals surface area contributed by atoms with Gasteiger partial charge in [-0.05, 0) is 25.1 Å². The number of alkyl halides is 3. The topological polar surface area (TPSA) is 62.1 Å². The van der Waals surface area contributed by atoms with Crippen LogP contribution in [0.3, 0.4) is 0 Å². The molecule has 1 aliphatic rings. The quantitative estimate of drug-likeness (QED) is 0.888. The number of hydrogen-bond donors (Lipinski definition) is 1. The Morgan fingerprint density at radius 2 is 2.13 bits per heavy atom. The number of ether oxygens (including phenoxy) is 1. The summed E-state index contributed by atoms with van der Waals surface area (Å²) >= 11 is 11.5. The fraction of sp³-hybridized carbons (Fsp3) is 0.385. The van der Waals surface area contributed by atoms with Crippen LogP contribution in [-0.2, 0) is 4.79 Å². The van der Waals surface area contributed by atoms with Gasteiger partial charge in [-0.3, -0.25) is 4.79 Å². The molecule has 0 saturated carbocycles. The number of halogens is 5. The van der Waals surface area contributed by atoms with Crippen molar-refractivity contribution in [3.05, 3.63) is 28.2 Å². The van der Waals surface area contributed by atoms with Crippen molar-refractivity contribution >= 4 is 34.8 Å². The third-order valence-corrected chi connectivity index (χ3v) is 3.59. The summed E-state index contributed by atoms with van der Waals surface area (Å²) in [5, 5.41) is 13.7. The molecular weight excluding hydrogens is 360 g/mol. The lowest BCUT2D eigenvalue weighted by Crippen LogP contribution is -2.57. The number of hydrazone groups is 1. The molecule has 2 rings (SSSR count). The SMILES string of the molecule is CC1=NN(C(=O)COc2ccc(Cl)cc2Cl)[C@@](O)(C(F)(F)F)C1. The third-order valence-electron chi connectivity index (χ3n) is 3.06. The summed E-state index contributed by atoms with van der Waals surface area (Å²) in [6, 6.07) is 4.16. The van der Waals surface area contributed by atoms with Gasteiger partial charge in [-0.2, -0.15) is 23.3 Å². The van der Waals surface area contributed by atoms with Gasteiger partial charge in [-0.25, -0.2) is 0 Å². The van der Waals surface area contributed by atoms with Crippen LogP contribution in [0.25, 0.3) is 0 Å². The fourth-order valence-electron chi connectivity index (χ4n) is 2.00. The van der Waals surface area contributed by atoms with E-state index in [4.69, 9.17) is 27.9 Å². The molecular formula is C13H11Cl2F3N2O3. The number of aliphatic hydroxyl groups is 1. The van der Waals surface area contributed by atoms with Gasteiger partial charge in [-0.15, -0.1) is 0 Å². The first-order valence-corrected chi connectivity index (χ1v) is 7.04. The summed E-state index contributed by atoms with van der Waals surface area (Å²) in [4.78, 5) is 12.0. The number of carbonyl (C=O) groups excluding carboxylic acids is 1. The van der Waals surface area contributed by atoms with Crippen LogP contribution < -0.4 is 4.74 Å². The summed E-state index contributed by atoms with van der Waals surface area (Å²) in [7, 11) is 0. The largest absolute Gasteiger partial charge is 0.482 e. The maximum atomic E-state index is 13.0. The Morgan fingerprint density at radius 3 is 2.70 bits per heavy atom. The van der Waals surface area contributed by atoms with Crippen LogP contribution in [0.1, 0.15) is 13.3 Å². The molecule has 0 spiro atoms. The van der Waals surface area contributed by atoms with E-state index in [1.165, 1.54) is 25.1 Å². The maximum absolute atomic E-state index is 13.0. The molecule has 0 fully saturated rings. The molecule has 0 aromatic heterocycles. The first-order chi connectivity index (χ1) is 10.5. The summed E-state index contributed by atoms with van der Waals surface area (Å²) in [5.74, 6) is -1.09. The number of benzene rings is 1. The molecule has 1 aliphatic heterocycles. The Bertz CT molecular complexity index is 666. The molecule has 1 aromatic carbocycles. The van der Waals surface area contributed by atoms with Crippen LogP contribution in [0.2, 0.25) is 10.0 Å². The monoisotopic (exact) mass is 370 g/mol. The smallest absolute Gasteiger partial charge is 0.438 e. The predicted molar refractivity (Wildman–Crippen MR) is 77.5 cm³/mol. The minimum Gasteiger partial charge on any atom is -0.482 e. The lowest BCUT2D eigenvalue weighted by atomic mass is 10.1. The highest BCUT2D eigenvalue weighted by molar-refractivity contribution is 6.35. The van der Waals surface area contributed by atoms with Crippen molar-refractivity contribution in [2.75, 3.05) is 6.61 Å². The second-order valence-corrected chi connectivity index (χ2v) is 5.74. The van der Waals surface area contributed by atoms with Crippen molar-refractivity contribution in [1.29, 1.82) is 0 Å². The van der Waals surface area contributed by atoms with Crippen LogP contribution >= 0.6 is 23.2 Å². The molecule has 0 radical (unpaired) electrons. The molecule has 0 saturated heterocycles. The van der Waals surface area contributed by atoms with Gasteiger partial charge in [0.25, 0.3) is 11.6 Å². The molecule has 1 heterocycles. The molecule has 0 aliphatic carbocycles. The zero-order valence-electron chi connectivity index (χ0n) is 11.7. The lowest BCUT2D eigenvalue weighted by Gasteiger charge is -2.32. The number of carbonyl (C=O) groups is 1. The van der Waals surface area contributed by atoms with E-state index in [1.54, 1.807) is 0 Å². The van der Waals surface area contributed by atoms with E-state index >= 15 is 0 Å². The molecule has 5 nitrogen and oxygen atoms in total. The van der Waals surface area contributed by atoms with Crippen LogP contribution in [-0.4, -0.2) is 40.2 Å². The van der Waals surface area contributed by atoms with Crippen molar-refractivity contribution in [3.63, 3.8) is 0 Å². The third kappa shape index (κ3) is 3.54. The molecule has 10 heteroatoms. The van der Waals surface area contributed by atoms with Gasteiger partial charge >= 0.3 is 6.18 Å². The summed E-state index contributed by atoms with van der Waals surface area (Å²) in [6.07, 6.45) is -5.87. The Balaban J connectivity index is 2.13. The summed E-state index contributed by atoms with van der Waals surface area (Å²) in [6.45, 7) is 0.497. The molecule has 1 amide bonds. The van der Waals surface area contributed by atoms with Crippen molar-refractivity contribution in [3.8, 4) is 5.75 Å². The van der Waals surface area contributed by atoms with Gasteiger partial charge in [0.15, 0.2) is 6.61 Å². The highest BCUT2D eigenvalue weighted by atomic mass is 35.5. The zero-order valence-corrected chi connectivity index (χ0v) is 13.2. The van der Waals surface area contributed by atoms with Crippen molar-refractivity contribution in [2.24, 2.45) is 5.10 Å². The van der Waals surface area contributed by atoms with Crippen LogP contribution in [0.4, 0.5) is 13.2 Å². The Labute approximate surface area is 139 Å². The van der Waals surface area contributed by atoms with Crippen molar-refractivity contribution in [2.45, 2.75) is 25.2 Å². The van der Waals surface area contributed by atoms with E-state index in [9.17, 15) is 23.1 Å². The van der Waals surface area contributed by atoms with Crippen LogP contribution in [0.15, 0.2) is 23.3 Å².